The Morgan fingerprint density at radius 1 is 0.494 bits per heavy atom. The minimum absolute atomic E-state index is 0.186. The van der Waals surface area contributed by atoms with E-state index in [9.17, 15) is 65.1 Å². The number of amides is 4. The molecule has 26 nitrogen and oxygen atoms in total. The molecule has 4 aliphatic rings. The Morgan fingerprint density at radius 3 is 1.35 bits per heavy atom. The average molecular weight is 1110 g/mol. The average Bonchev–Trinajstić information content (AvgIpc) is 3.40. The van der Waals surface area contributed by atoms with E-state index >= 15 is 0 Å². The number of hydrogen-bond acceptors (Lipinski definition) is 22. The molecule has 4 saturated heterocycles. The van der Waals surface area contributed by atoms with E-state index in [-0.39, 0.29) is 6.54 Å². The fourth-order valence-electron chi connectivity index (χ4n) is 9.82. The number of aliphatic hydroxyl groups excluding tert-OH is 9. The van der Waals surface area contributed by atoms with Crippen molar-refractivity contribution >= 4 is 23.6 Å². The molecule has 0 bridgehead atoms. The van der Waals surface area contributed by atoms with E-state index in [0.717, 1.165) is 51.9 Å². The molecule has 0 spiro atoms. The maximum Gasteiger partial charge on any atom is 0.244 e. The highest BCUT2D eigenvalue weighted by molar-refractivity contribution is 5.91. The second kappa shape index (κ2) is 34.7. The van der Waals surface area contributed by atoms with Crippen molar-refractivity contribution in [2.24, 2.45) is 0 Å². The summed E-state index contributed by atoms with van der Waals surface area (Å²) in [5.41, 5.74) is 0. The summed E-state index contributed by atoms with van der Waals surface area (Å²) >= 11 is 0. The van der Waals surface area contributed by atoms with Crippen LogP contribution < -0.4 is 26.6 Å². The second-order valence-electron chi connectivity index (χ2n) is 19.8. The molecule has 0 aromatic rings. The topological polar surface area (TPSA) is 384 Å². The number of unbranched alkanes of at least 4 members (excludes halogenated alkanes) is 10. The van der Waals surface area contributed by atoms with Gasteiger partial charge in [-0.3, -0.25) is 19.2 Å². The largest absolute Gasteiger partial charge is 0.394 e. The molecule has 14 N–H and O–H groups in total. The van der Waals surface area contributed by atoms with Crippen LogP contribution in [0.1, 0.15) is 105 Å². The maximum absolute atomic E-state index is 13.2. The first kappa shape index (κ1) is 66.2. The van der Waals surface area contributed by atoms with Crippen molar-refractivity contribution in [1.29, 1.82) is 0 Å². The molecule has 4 fully saturated rings. The van der Waals surface area contributed by atoms with Crippen LogP contribution in [-0.2, 0) is 57.1 Å². The van der Waals surface area contributed by atoms with Crippen LogP contribution in [-0.4, -0.2) is 239 Å². The van der Waals surface area contributed by atoms with Crippen molar-refractivity contribution in [3.05, 3.63) is 24.3 Å². The van der Waals surface area contributed by atoms with Gasteiger partial charge >= 0.3 is 0 Å². The highest BCUT2D eigenvalue weighted by Crippen LogP contribution is 2.35. The monoisotopic (exact) mass is 1110 g/mol. The number of carbonyl (C=O) groups is 4. The van der Waals surface area contributed by atoms with Gasteiger partial charge in [-0.2, -0.15) is 0 Å². The highest BCUT2D eigenvalue weighted by atomic mass is 16.8. The quantitative estimate of drug-likeness (QED) is 0.0180. The number of nitrogens with one attached hydrogen (secondary N) is 5. The van der Waals surface area contributed by atoms with Crippen LogP contribution in [0, 0.1) is 0 Å². The molecule has 4 amide bonds. The Labute approximate surface area is 450 Å². The van der Waals surface area contributed by atoms with Crippen molar-refractivity contribution < 1.29 is 103 Å². The van der Waals surface area contributed by atoms with E-state index in [1.807, 2.05) is 0 Å². The Balaban J connectivity index is 1.41. The standard InChI is InChI=1S/C51H89N5O21/c1-6-8-9-10-11-12-13-14-15-16-17-18-19-20-21-22-34(63)53-23-35(64)56-37-41(66)40(65)30(24-57)71-50(37)77-47-33(27-60)74-51(39(44(47)69)55-29(4)62)76-45-32(26-59)73-49(36(42(45)67)52-7-2)75-46-31(25-58)72-48(70-5)38(43(46)68)54-28(3)61/h12-13,21-22,30-33,36-52,57-60,65-69H,6-11,14-20,23-27H2,1-5H3,(H,53,63)(H,54,61)(H,55,62)(H,56,64). The van der Waals surface area contributed by atoms with Gasteiger partial charge < -0.3 is 110 Å². The summed E-state index contributed by atoms with van der Waals surface area (Å²) in [5, 5.41) is 112. The van der Waals surface area contributed by atoms with Crippen LogP contribution in [0.5, 0.6) is 0 Å². The van der Waals surface area contributed by atoms with Gasteiger partial charge in [-0.15, -0.1) is 0 Å². The van der Waals surface area contributed by atoms with Crippen LogP contribution in [0.2, 0.25) is 0 Å². The lowest BCUT2D eigenvalue weighted by Gasteiger charge is -2.51. The number of allylic oxidation sites excluding steroid dienone is 3. The molecule has 26 heteroatoms. The number of ether oxygens (including phenoxy) is 8. The smallest absolute Gasteiger partial charge is 0.244 e. The van der Waals surface area contributed by atoms with Crippen LogP contribution in [0.15, 0.2) is 24.3 Å². The van der Waals surface area contributed by atoms with Crippen molar-refractivity contribution in [2.75, 3.05) is 46.6 Å². The Hall–Kier alpha value is -3.36. The number of carbonyl (C=O) groups excluding carboxylic acids is 4. The maximum atomic E-state index is 13.2. The molecule has 0 aliphatic carbocycles. The summed E-state index contributed by atoms with van der Waals surface area (Å²) in [6.07, 6.45) is -4.63. The van der Waals surface area contributed by atoms with Gasteiger partial charge in [0.05, 0.1) is 39.0 Å². The first-order valence-corrected chi connectivity index (χ1v) is 27.1. The van der Waals surface area contributed by atoms with Crippen molar-refractivity contribution in [3.63, 3.8) is 0 Å². The molecule has 4 aliphatic heterocycles. The third-order valence-electron chi connectivity index (χ3n) is 13.9. The predicted molar refractivity (Wildman–Crippen MR) is 272 cm³/mol. The molecule has 0 saturated carbocycles. The van der Waals surface area contributed by atoms with Gasteiger partial charge in [-0.05, 0) is 51.1 Å². The Kier molecular flexibility index (Phi) is 29.8. The van der Waals surface area contributed by atoms with Crippen molar-refractivity contribution in [2.45, 2.75) is 227 Å². The summed E-state index contributed by atoms with van der Waals surface area (Å²) in [6.45, 7) is 2.55. The van der Waals surface area contributed by atoms with Crippen LogP contribution in [0.25, 0.3) is 0 Å². The fourth-order valence-corrected chi connectivity index (χ4v) is 9.82. The second-order valence-corrected chi connectivity index (χ2v) is 19.8. The number of hydrogen-bond donors (Lipinski definition) is 14. The zero-order chi connectivity index (χ0) is 56.6. The highest BCUT2D eigenvalue weighted by Gasteiger charge is 2.56. The molecule has 4 rings (SSSR count). The van der Waals surface area contributed by atoms with E-state index in [1.165, 1.54) is 45.8 Å². The van der Waals surface area contributed by atoms with Gasteiger partial charge in [0.2, 0.25) is 23.6 Å². The van der Waals surface area contributed by atoms with Gasteiger partial charge in [-0.25, -0.2) is 0 Å². The summed E-state index contributed by atoms with van der Waals surface area (Å²) in [6, 6.07) is -5.62. The molecule has 0 aromatic carbocycles. The van der Waals surface area contributed by atoms with Crippen LogP contribution in [0.4, 0.5) is 0 Å². The number of aliphatic hydroxyl groups is 9. The predicted octanol–water partition coefficient (Wildman–Crippen LogP) is -3.14. The van der Waals surface area contributed by atoms with Gasteiger partial charge in [0.1, 0.15) is 91.4 Å². The Morgan fingerprint density at radius 2 is 0.896 bits per heavy atom. The number of rotatable bonds is 32. The molecular weight excluding hydrogens is 1020 g/mol. The lowest BCUT2D eigenvalue weighted by atomic mass is 9.93. The minimum Gasteiger partial charge on any atom is -0.394 e. The number of likely N-dealkylation sites (N-methyl/N-ethyl adjacent to an activating group) is 1. The van der Waals surface area contributed by atoms with E-state index in [2.05, 4.69) is 45.7 Å². The van der Waals surface area contributed by atoms with Crippen molar-refractivity contribution in [1.82, 2.24) is 26.6 Å². The zero-order valence-corrected chi connectivity index (χ0v) is 45.0. The van der Waals surface area contributed by atoms with Gasteiger partial charge in [-0.1, -0.05) is 70.6 Å². The van der Waals surface area contributed by atoms with Crippen molar-refractivity contribution in [3.8, 4) is 0 Å². The molecule has 20 atom stereocenters. The van der Waals surface area contributed by atoms with Crippen LogP contribution in [0.3, 0.4) is 0 Å². The molecule has 0 radical (unpaired) electrons. The van der Waals surface area contributed by atoms with Gasteiger partial charge in [0.15, 0.2) is 25.2 Å². The molecule has 4 heterocycles. The summed E-state index contributed by atoms with van der Waals surface area (Å²) < 4.78 is 47.5. The third kappa shape index (κ3) is 19.7. The summed E-state index contributed by atoms with van der Waals surface area (Å²) in [7, 11) is 1.27. The normalized spacial score (nSPS) is 35.7. The van der Waals surface area contributed by atoms with Crippen LogP contribution >= 0.6 is 0 Å². The first-order valence-electron chi connectivity index (χ1n) is 27.1. The fraction of sp³-hybridized carbons (Fsp3) is 0.843. The van der Waals surface area contributed by atoms with E-state index in [1.54, 1.807) is 13.0 Å². The first-order chi connectivity index (χ1) is 37.0. The molecule has 0 aromatic heterocycles. The van der Waals surface area contributed by atoms with E-state index < -0.39 is 179 Å². The lowest BCUT2D eigenvalue weighted by molar-refractivity contribution is -0.362. The van der Waals surface area contributed by atoms with Gasteiger partial charge in [0, 0.05) is 21.0 Å². The summed E-state index contributed by atoms with van der Waals surface area (Å²) in [5.74, 6) is -2.67. The molecular formula is C51H89N5O21. The van der Waals surface area contributed by atoms with E-state index in [4.69, 9.17) is 37.9 Å². The zero-order valence-electron chi connectivity index (χ0n) is 45.0. The summed E-state index contributed by atoms with van der Waals surface area (Å²) in [4.78, 5) is 50.6. The number of methoxy groups -OCH3 is 1. The van der Waals surface area contributed by atoms with E-state index in [0.29, 0.717) is 6.42 Å². The van der Waals surface area contributed by atoms with Gasteiger partial charge in [0.25, 0.3) is 0 Å². The lowest BCUT2D eigenvalue weighted by Crippen LogP contribution is -2.71. The Bertz CT molecular complexity index is 1810. The molecule has 20 unspecified atom stereocenters. The third-order valence-corrected chi connectivity index (χ3v) is 13.9. The SMILES string of the molecule is CCCCCCC=CCCCCCCCC=CC(=O)NCC(=O)NC1C(OC2C(CO)OC(OC3C(CO)OC(OC4C(CO)OC(OC)C(NC(C)=O)C4O)C(NCC)C3O)C(NC(C)=O)C2O)OC(CO)C(O)C1O. The minimum atomic E-state index is -1.89. The molecule has 444 valence electrons. The molecule has 77 heavy (non-hydrogen) atoms.